The van der Waals surface area contributed by atoms with Gasteiger partial charge in [0.2, 0.25) is 0 Å². The van der Waals surface area contributed by atoms with Gasteiger partial charge in [-0.05, 0) is 30.6 Å². The van der Waals surface area contributed by atoms with E-state index in [4.69, 9.17) is 11.5 Å². The van der Waals surface area contributed by atoms with Gasteiger partial charge in [-0.25, -0.2) is 0 Å². The number of hydrogen-bond acceptors (Lipinski definition) is 2. The van der Waals surface area contributed by atoms with E-state index in [9.17, 15) is 0 Å². The maximum absolute atomic E-state index is 5.94. The van der Waals surface area contributed by atoms with Crippen molar-refractivity contribution in [1.29, 1.82) is 0 Å². The van der Waals surface area contributed by atoms with E-state index in [1.54, 1.807) is 0 Å². The Morgan fingerprint density at radius 3 is 2.00 bits per heavy atom. The Balaban J connectivity index is 2.51. The summed E-state index contributed by atoms with van der Waals surface area (Å²) in [5.74, 6) is 0.757. The molecule has 0 heterocycles. The molecule has 1 aliphatic rings. The van der Waals surface area contributed by atoms with Crippen molar-refractivity contribution in [1.82, 2.24) is 0 Å². The predicted octanol–water partition coefficient (Wildman–Crippen LogP) is 1.49. The molecule has 0 aromatic heterocycles. The summed E-state index contributed by atoms with van der Waals surface area (Å²) in [6.45, 7) is 6.88. The lowest BCUT2D eigenvalue weighted by atomic mass is 9.70. The van der Waals surface area contributed by atoms with Crippen LogP contribution in [0, 0.1) is 11.3 Å². The lowest BCUT2D eigenvalue weighted by molar-refractivity contribution is 0.155. The highest BCUT2D eigenvalue weighted by Gasteiger charge is 2.32. The van der Waals surface area contributed by atoms with E-state index in [0.29, 0.717) is 5.41 Å². The first kappa shape index (κ1) is 10.0. The van der Waals surface area contributed by atoms with Crippen LogP contribution in [0.25, 0.3) is 0 Å². The van der Waals surface area contributed by atoms with Crippen LogP contribution in [0.2, 0.25) is 0 Å². The van der Waals surface area contributed by atoms with Gasteiger partial charge in [0.25, 0.3) is 0 Å². The summed E-state index contributed by atoms with van der Waals surface area (Å²) in [7, 11) is 0. The molecule has 2 heteroatoms. The number of hydrogen-bond donors (Lipinski definition) is 2. The normalized spacial score (nSPS) is 38.2. The van der Waals surface area contributed by atoms with Gasteiger partial charge in [-0.15, -0.1) is 0 Å². The molecule has 0 aromatic carbocycles. The van der Waals surface area contributed by atoms with Crippen LogP contribution in [0.15, 0.2) is 0 Å². The molecular formula is C10H22N2. The Bertz CT molecular complexity index is 148. The lowest BCUT2D eigenvalue weighted by Crippen LogP contribution is -2.47. The summed E-state index contributed by atoms with van der Waals surface area (Å²) in [6, 6.07) is 0.464. The molecule has 2 nitrogen and oxygen atoms in total. The summed E-state index contributed by atoms with van der Waals surface area (Å²) in [5.41, 5.74) is 12.2. The van der Waals surface area contributed by atoms with E-state index in [1.165, 1.54) is 6.42 Å². The maximum atomic E-state index is 5.94. The fraction of sp³-hybridized carbons (Fsp3) is 1.00. The molecule has 0 spiro atoms. The van der Waals surface area contributed by atoms with E-state index in [1.807, 2.05) is 0 Å². The lowest BCUT2D eigenvalue weighted by Gasteiger charge is -2.39. The van der Waals surface area contributed by atoms with Crippen LogP contribution in [0.1, 0.15) is 40.0 Å². The van der Waals surface area contributed by atoms with Crippen molar-refractivity contribution in [2.24, 2.45) is 22.8 Å². The SMILES string of the molecule is CC(C)(C)C1CC[C@@H](N)[C@H](N)C1. The van der Waals surface area contributed by atoms with Crippen LogP contribution in [-0.4, -0.2) is 12.1 Å². The Morgan fingerprint density at radius 1 is 1.00 bits per heavy atom. The summed E-state index contributed by atoms with van der Waals surface area (Å²) < 4.78 is 0. The molecule has 1 fully saturated rings. The minimum atomic E-state index is 0.225. The molecule has 1 rings (SSSR count). The standard InChI is InChI=1S/C10H22N2/c1-10(2,3)7-4-5-8(11)9(12)6-7/h7-9H,4-6,11-12H2,1-3H3/t7?,8-,9-/m1/s1. The zero-order chi connectivity index (χ0) is 9.35. The molecule has 72 valence electrons. The van der Waals surface area contributed by atoms with Crippen LogP contribution in [0.3, 0.4) is 0 Å². The highest BCUT2D eigenvalue weighted by atomic mass is 14.8. The molecule has 12 heavy (non-hydrogen) atoms. The van der Waals surface area contributed by atoms with Gasteiger partial charge in [0.1, 0.15) is 0 Å². The third-order valence-electron chi connectivity index (χ3n) is 3.18. The third kappa shape index (κ3) is 2.20. The van der Waals surface area contributed by atoms with Gasteiger partial charge in [0.15, 0.2) is 0 Å². The molecule has 1 saturated carbocycles. The quantitative estimate of drug-likeness (QED) is 0.578. The van der Waals surface area contributed by atoms with Gasteiger partial charge in [0.05, 0.1) is 0 Å². The second kappa shape index (κ2) is 3.35. The number of rotatable bonds is 0. The largest absolute Gasteiger partial charge is 0.326 e. The molecule has 0 saturated heterocycles. The first-order valence-corrected chi connectivity index (χ1v) is 4.92. The number of nitrogens with two attached hydrogens (primary N) is 2. The maximum Gasteiger partial charge on any atom is 0.0195 e. The Kier molecular flexibility index (Phi) is 2.79. The van der Waals surface area contributed by atoms with Crippen molar-refractivity contribution >= 4 is 0 Å². The summed E-state index contributed by atoms with van der Waals surface area (Å²) >= 11 is 0. The fourth-order valence-corrected chi connectivity index (χ4v) is 2.02. The fourth-order valence-electron chi connectivity index (χ4n) is 2.02. The smallest absolute Gasteiger partial charge is 0.0195 e. The molecule has 1 aliphatic carbocycles. The van der Waals surface area contributed by atoms with Crippen LogP contribution in [0.5, 0.6) is 0 Å². The van der Waals surface area contributed by atoms with Crippen molar-refractivity contribution in [2.75, 3.05) is 0 Å². The molecule has 3 atom stereocenters. The summed E-state index contributed by atoms with van der Waals surface area (Å²) in [4.78, 5) is 0. The first-order chi connectivity index (χ1) is 5.41. The van der Waals surface area contributed by atoms with Gasteiger partial charge >= 0.3 is 0 Å². The Labute approximate surface area is 75.7 Å². The zero-order valence-corrected chi connectivity index (χ0v) is 8.51. The van der Waals surface area contributed by atoms with Gasteiger partial charge in [0, 0.05) is 12.1 Å². The van der Waals surface area contributed by atoms with Gasteiger partial charge < -0.3 is 11.5 Å². The highest BCUT2D eigenvalue weighted by molar-refractivity contribution is 4.89. The Morgan fingerprint density at radius 2 is 1.58 bits per heavy atom. The molecule has 0 aliphatic heterocycles. The molecule has 0 radical (unpaired) electrons. The van der Waals surface area contributed by atoms with E-state index in [-0.39, 0.29) is 12.1 Å². The molecule has 1 unspecified atom stereocenters. The van der Waals surface area contributed by atoms with Gasteiger partial charge in [-0.1, -0.05) is 20.8 Å². The monoisotopic (exact) mass is 170 g/mol. The minimum absolute atomic E-state index is 0.225. The minimum Gasteiger partial charge on any atom is -0.326 e. The van der Waals surface area contributed by atoms with E-state index < -0.39 is 0 Å². The van der Waals surface area contributed by atoms with Crippen LogP contribution >= 0.6 is 0 Å². The summed E-state index contributed by atoms with van der Waals surface area (Å²) in [6.07, 6.45) is 3.45. The van der Waals surface area contributed by atoms with Gasteiger partial charge in [-0.3, -0.25) is 0 Å². The van der Waals surface area contributed by atoms with Crippen molar-refractivity contribution in [3.8, 4) is 0 Å². The van der Waals surface area contributed by atoms with Crippen molar-refractivity contribution in [3.63, 3.8) is 0 Å². The Hall–Kier alpha value is -0.0800. The zero-order valence-electron chi connectivity index (χ0n) is 8.51. The van der Waals surface area contributed by atoms with Crippen LogP contribution in [-0.2, 0) is 0 Å². The van der Waals surface area contributed by atoms with Crippen molar-refractivity contribution < 1.29 is 0 Å². The third-order valence-corrected chi connectivity index (χ3v) is 3.18. The van der Waals surface area contributed by atoms with E-state index in [2.05, 4.69) is 20.8 Å². The average molecular weight is 170 g/mol. The average Bonchev–Trinajstić information content (AvgIpc) is 1.92. The van der Waals surface area contributed by atoms with Crippen molar-refractivity contribution in [3.05, 3.63) is 0 Å². The van der Waals surface area contributed by atoms with Crippen LogP contribution < -0.4 is 11.5 Å². The highest BCUT2D eigenvalue weighted by Crippen LogP contribution is 2.36. The predicted molar refractivity (Wildman–Crippen MR) is 52.7 cm³/mol. The molecule has 4 N–H and O–H groups in total. The van der Waals surface area contributed by atoms with Crippen LogP contribution in [0.4, 0.5) is 0 Å². The van der Waals surface area contributed by atoms with Crippen molar-refractivity contribution in [2.45, 2.75) is 52.1 Å². The second-order valence-electron chi connectivity index (χ2n) is 5.20. The summed E-state index contributed by atoms with van der Waals surface area (Å²) in [5, 5.41) is 0. The first-order valence-electron chi connectivity index (χ1n) is 4.92. The second-order valence-corrected chi connectivity index (χ2v) is 5.20. The molecule has 0 bridgehead atoms. The topological polar surface area (TPSA) is 52.0 Å². The van der Waals surface area contributed by atoms with E-state index >= 15 is 0 Å². The van der Waals surface area contributed by atoms with Gasteiger partial charge in [-0.2, -0.15) is 0 Å². The van der Waals surface area contributed by atoms with E-state index in [0.717, 1.165) is 18.8 Å². The molecular weight excluding hydrogens is 148 g/mol. The molecule has 0 amide bonds. The molecule has 0 aromatic rings.